The molecule has 0 radical (unpaired) electrons. The van der Waals surface area contributed by atoms with Gasteiger partial charge in [-0.2, -0.15) is 5.11 Å². The Hall–Kier alpha value is -1.91. The Kier molecular flexibility index (Phi) is 4.28. The van der Waals surface area contributed by atoms with Gasteiger partial charge >= 0.3 is 0 Å². The summed E-state index contributed by atoms with van der Waals surface area (Å²) in [6, 6.07) is 9.23. The molecular weight excluding hydrogens is 194 g/mol. The molecule has 0 fully saturated rings. The predicted molar refractivity (Wildman–Crippen MR) is 55.1 cm³/mol. The van der Waals surface area contributed by atoms with Crippen molar-refractivity contribution in [3.05, 3.63) is 35.9 Å². The molecule has 5 heteroatoms. The summed E-state index contributed by atoms with van der Waals surface area (Å²) in [5.74, 6) is -0.874. The van der Waals surface area contributed by atoms with E-state index in [-0.39, 0.29) is 6.54 Å². The van der Waals surface area contributed by atoms with Crippen LogP contribution in [0.1, 0.15) is 11.5 Å². The number of amides is 1. The molecule has 1 amide bonds. The third-order valence-corrected chi connectivity index (χ3v) is 1.95. The minimum atomic E-state index is -0.454. The summed E-state index contributed by atoms with van der Waals surface area (Å²) in [7, 11) is 1.39. The summed E-state index contributed by atoms with van der Waals surface area (Å²) in [6.45, 7) is 0.202. The van der Waals surface area contributed by atoms with E-state index in [0.717, 1.165) is 5.56 Å². The zero-order valence-electron chi connectivity index (χ0n) is 8.46. The Morgan fingerprint density at radius 3 is 2.67 bits per heavy atom. The average Bonchev–Trinajstić information content (AvgIpc) is 2.25. The van der Waals surface area contributed by atoms with Crippen LogP contribution in [0.3, 0.4) is 0 Å². The van der Waals surface area contributed by atoms with Crippen LogP contribution in [0.25, 0.3) is 0 Å². The number of primary amides is 1. The van der Waals surface area contributed by atoms with Crippen molar-refractivity contribution >= 4 is 5.91 Å². The fourth-order valence-electron chi connectivity index (χ4n) is 1.22. The molecule has 1 atom stereocenters. The zero-order valence-corrected chi connectivity index (χ0v) is 8.46. The van der Waals surface area contributed by atoms with Gasteiger partial charge in [0, 0.05) is 5.28 Å². The van der Waals surface area contributed by atoms with Crippen LogP contribution in [-0.4, -0.2) is 19.6 Å². The molecule has 0 saturated carbocycles. The van der Waals surface area contributed by atoms with E-state index in [1.54, 1.807) is 0 Å². The third-order valence-electron chi connectivity index (χ3n) is 1.95. The number of carbonyl (C=O) groups excluding carboxylic acids is 1. The van der Waals surface area contributed by atoms with Crippen LogP contribution in [0, 0.1) is 0 Å². The second-order valence-corrected chi connectivity index (χ2v) is 2.95. The third kappa shape index (κ3) is 3.38. The van der Waals surface area contributed by atoms with Gasteiger partial charge in [-0.15, -0.1) is 0 Å². The lowest BCUT2D eigenvalue weighted by atomic mass is 9.99. The highest BCUT2D eigenvalue weighted by molar-refractivity contribution is 5.82. The summed E-state index contributed by atoms with van der Waals surface area (Å²) in [6.07, 6.45) is 0. The smallest absolute Gasteiger partial charge is 0.226 e. The quantitative estimate of drug-likeness (QED) is 0.583. The minimum Gasteiger partial charge on any atom is -0.383 e. The van der Waals surface area contributed by atoms with Crippen LogP contribution in [0.2, 0.25) is 0 Å². The van der Waals surface area contributed by atoms with Crippen molar-refractivity contribution in [2.24, 2.45) is 16.1 Å². The van der Waals surface area contributed by atoms with Crippen molar-refractivity contribution < 1.29 is 9.63 Å². The van der Waals surface area contributed by atoms with Gasteiger partial charge in [0.05, 0.1) is 12.5 Å². The molecule has 0 aliphatic carbocycles. The van der Waals surface area contributed by atoms with Gasteiger partial charge in [0.25, 0.3) is 0 Å². The molecule has 1 aromatic carbocycles. The van der Waals surface area contributed by atoms with E-state index in [2.05, 4.69) is 15.2 Å². The van der Waals surface area contributed by atoms with Crippen LogP contribution < -0.4 is 5.73 Å². The van der Waals surface area contributed by atoms with E-state index in [0.29, 0.717) is 0 Å². The molecule has 1 aromatic rings. The van der Waals surface area contributed by atoms with E-state index in [1.807, 2.05) is 30.3 Å². The predicted octanol–water partition coefficient (Wildman–Crippen LogP) is 1.27. The maximum absolute atomic E-state index is 11.2. The van der Waals surface area contributed by atoms with Crippen LogP contribution in [0.4, 0.5) is 0 Å². The summed E-state index contributed by atoms with van der Waals surface area (Å²) in [4.78, 5) is 15.6. The first-order valence-electron chi connectivity index (χ1n) is 4.50. The lowest BCUT2D eigenvalue weighted by Gasteiger charge is -2.09. The number of nitrogens with two attached hydrogens (primary N) is 1. The molecule has 0 aromatic heterocycles. The minimum absolute atomic E-state index is 0.202. The standard InChI is InChI=1S/C10H13N3O2/c1-15-13-12-7-9(10(11)14)8-5-3-2-4-6-8/h2-6,9H,7H2,1H3,(H2,11,14). The molecule has 0 aliphatic heterocycles. The number of rotatable bonds is 5. The molecule has 80 valence electrons. The molecule has 0 aliphatic rings. The first-order chi connectivity index (χ1) is 7.25. The van der Waals surface area contributed by atoms with Gasteiger partial charge in [-0.1, -0.05) is 30.3 Å². The molecule has 2 N–H and O–H groups in total. The van der Waals surface area contributed by atoms with E-state index in [4.69, 9.17) is 5.73 Å². The maximum Gasteiger partial charge on any atom is 0.226 e. The molecular formula is C10H13N3O2. The van der Waals surface area contributed by atoms with Crippen molar-refractivity contribution in [3.63, 3.8) is 0 Å². The Morgan fingerprint density at radius 2 is 2.13 bits per heavy atom. The van der Waals surface area contributed by atoms with Gasteiger partial charge < -0.3 is 10.6 Å². The van der Waals surface area contributed by atoms with Crippen LogP contribution in [0.5, 0.6) is 0 Å². The molecule has 5 nitrogen and oxygen atoms in total. The van der Waals surface area contributed by atoms with Crippen LogP contribution >= 0.6 is 0 Å². The normalized spacial score (nSPS) is 12.6. The molecule has 1 rings (SSSR count). The summed E-state index contributed by atoms with van der Waals surface area (Å²) >= 11 is 0. The van der Waals surface area contributed by atoms with Crippen molar-refractivity contribution in [1.82, 2.24) is 0 Å². The van der Waals surface area contributed by atoms with Crippen molar-refractivity contribution in [2.75, 3.05) is 13.7 Å². The maximum atomic E-state index is 11.2. The summed E-state index contributed by atoms with van der Waals surface area (Å²) in [5.41, 5.74) is 6.10. The first-order valence-corrected chi connectivity index (χ1v) is 4.50. The molecule has 0 heterocycles. The Morgan fingerprint density at radius 1 is 1.47 bits per heavy atom. The fraction of sp³-hybridized carbons (Fsp3) is 0.300. The Balaban J connectivity index is 2.75. The van der Waals surface area contributed by atoms with Gasteiger partial charge in [0.2, 0.25) is 5.91 Å². The molecule has 15 heavy (non-hydrogen) atoms. The summed E-state index contributed by atoms with van der Waals surface area (Å²) in [5, 5.41) is 7.03. The molecule has 0 spiro atoms. The Bertz CT molecular complexity index is 338. The van der Waals surface area contributed by atoms with Crippen LogP contribution in [-0.2, 0) is 9.63 Å². The second kappa shape index (κ2) is 5.74. The van der Waals surface area contributed by atoms with Gasteiger partial charge in [-0.3, -0.25) is 4.79 Å². The number of hydrogen-bond donors (Lipinski definition) is 1. The van der Waals surface area contributed by atoms with E-state index in [1.165, 1.54) is 7.11 Å². The number of hydrogen-bond acceptors (Lipinski definition) is 4. The van der Waals surface area contributed by atoms with Crippen LogP contribution in [0.15, 0.2) is 40.7 Å². The fourth-order valence-corrected chi connectivity index (χ4v) is 1.22. The average molecular weight is 207 g/mol. The van der Waals surface area contributed by atoms with Gasteiger partial charge in [-0.05, 0) is 5.56 Å². The lowest BCUT2D eigenvalue weighted by Crippen LogP contribution is -2.23. The monoisotopic (exact) mass is 207 g/mol. The van der Waals surface area contributed by atoms with E-state index < -0.39 is 11.8 Å². The van der Waals surface area contributed by atoms with Crippen molar-refractivity contribution in [3.8, 4) is 0 Å². The van der Waals surface area contributed by atoms with E-state index in [9.17, 15) is 4.79 Å². The zero-order chi connectivity index (χ0) is 11.1. The highest BCUT2D eigenvalue weighted by Crippen LogP contribution is 2.15. The van der Waals surface area contributed by atoms with Gasteiger partial charge in [0.15, 0.2) is 0 Å². The van der Waals surface area contributed by atoms with Crippen molar-refractivity contribution in [1.29, 1.82) is 0 Å². The largest absolute Gasteiger partial charge is 0.383 e. The number of benzene rings is 1. The second-order valence-electron chi connectivity index (χ2n) is 2.95. The van der Waals surface area contributed by atoms with Gasteiger partial charge in [-0.25, -0.2) is 0 Å². The first kappa shape index (κ1) is 11.2. The highest BCUT2D eigenvalue weighted by Gasteiger charge is 2.16. The summed E-state index contributed by atoms with van der Waals surface area (Å²) < 4.78 is 0. The molecule has 0 saturated heterocycles. The van der Waals surface area contributed by atoms with Gasteiger partial charge in [0.1, 0.15) is 7.11 Å². The number of nitrogens with zero attached hydrogens (tertiary/aromatic N) is 2. The number of carbonyl (C=O) groups is 1. The molecule has 0 bridgehead atoms. The Labute approximate surface area is 87.9 Å². The lowest BCUT2D eigenvalue weighted by molar-refractivity contribution is -0.119. The van der Waals surface area contributed by atoms with E-state index >= 15 is 0 Å². The SMILES string of the molecule is CON=NCC(C(N)=O)c1ccccc1. The van der Waals surface area contributed by atoms with Crippen molar-refractivity contribution in [2.45, 2.75) is 5.92 Å². The topological polar surface area (TPSA) is 77.0 Å². The molecule has 1 unspecified atom stereocenters. The highest BCUT2D eigenvalue weighted by atomic mass is 16.6.